The lowest BCUT2D eigenvalue weighted by Crippen LogP contribution is -2.09. The number of carbonyl (C=O) groups excluding carboxylic acids is 1. The molecular weight excluding hydrogens is 414 g/mol. The van der Waals surface area contributed by atoms with Crippen molar-refractivity contribution in [2.24, 2.45) is 0 Å². The molecular formula is C19H16BrN3O4. The third kappa shape index (κ3) is 4.06. The van der Waals surface area contributed by atoms with Crippen LogP contribution in [0, 0.1) is 17.0 Å². The van der Waals surface area contributed by atoms with Gasteiger partial charge >= 0.3 is 5.97 Å². The number of aryl methyl sites for hydroxylation is 1. The van der Waals surface area contributed by atoms with Crippen molar-refractivity contribution in [1.82, 2.24) is 4.98 Å². The van der Waals surface area contributed by atoms with Gasteiger partial charge in [0.2, 0.25) is 0 Å². The normalized spacial score (nSPS) is 10.6. The Hall–Kier alpha value is -3.00. The highest BCUT2D eigenvalue weighted by Gasteiger charge is 2.18. The Morgan fingerprint density at radius 1 is 1.30 bits per heavy atom. The predicted octanol–water partition coefficient (Wildman–Crippen LogP) is 5.13. The van der Waals surface area contributed by atoms with E-state index >= 15 is 0 Å². The zero-order valence-corrected chi connectivity index (χ0v) is 16.2. The van der Waals surface area contributed by atoms with E-state index in [1.807, 2.05) is 18.2 Å². The minimum absolute atomic E-state index is 0.0312. The van der Waals surface area contributed by atoms with E-state index in [0.29, 0.717) is 22.3 Å². The highest BCUT2D eigenvalue weighted by atomic mass is 79.9. The zero-order valence-electron chi connectivity index (χ0n) is 14.7. The van der Waals surface area contributed by atoms with Crippen molar-refractivity contribution in [3.63, 3.8) is 0 Å². The summed E-state index contributed by atoms with van der Waals surface area (Å²) < 4.78 is 5.98. The second-order valence-corrected chi connectivity index (χ2v) is 6.78. The molecule has 0 aliphatic rings. The van der Waals surface area contributed by atoms with E-state index in [-0.39, 0.29) is 17.9 Å². The molecule has 0 unspecified atom stereocenters. The third-order valence-corrected chi connectivity index (χ3v) is 4.36. The third-order valence-electron chi connectivity index (χ3n) is 3.87. The molecule has 0 saturated carbocycles. The van der Waals surface area contributed by atoms with E-state index in [2.05, 4.69) is 26.2 Å². The zero-order chi connectivity index (χ0) is 19.6. The first-order chi connectivity index (χ1) is 12.9. The van der Waals surface area contributed by atoms with Crippen molar-refractivity contribution < 1.29 is 14.5 Å². The van der Waals surface area contributed by atoms with Crippen LogP contribution < -0.4 is 5.32 Å². The van der Waals surface area contributed by atoms with Gasteiger partial charge in [0.15, 0.2) is 0 Å². The molecule has 0 bridgehead atoms. The number of nitrogens with one attached hydrogen (secondary N) is 1. The number of fused-ring (bicyclic) bond motifs is 1. The largest absolute Gasteiger partial charge is 0.462 e. The maximum atomic E-state index is 12.4. The topological polar surface area (TPSA) is 94.4 Å². The number of aromatic nitrogens is 1. The van der Waals surface area contributed by atoms with Crippen molar-refractivity contribution in [3.8, 4) is 0 Å². The van der Waals surface area contributed by atoms with Gasteiger partial charge in [-0.15, -0.1) is 0 Å². The molecule has 1 heterocycles. The molecule has 0 spiro atoms. The molecule has 7 nitrogen and oxygen atoms in total. The number of carbonyl (C=O) groups is 1. The van der Waals surface area contributed by atoms with Crippen molar-refractivity contribution in [2.45, 2.75) is 13.8 Å². The molecule has 27 heavy (non-hydrogen) atoms. The van der Waals surface area contributed by atoms with Gasteiger partial charge in [-0.1, -0.05) is 15.9 Å². The molecule has 2 aromatic carbocycles. The Labute approximate surface area is 163 Å². The Kier molecular flexibility index (Phi) is 5.36. The second kappa shape index (κ2) is 7.71. The smallest absolute Gasteiger partial charge is 0.341 e. The van der Waals surface area contributed by atoms with Gasteiger partial charge in [0.1, 0.15) is 5.56 Å². The minimum Gasteiger partial charge on any atom is -0.462 e. The number of hydrogen-bond donors (Lipinski definition) is 1. The summed E-state index contributed by atoms with van der Waals surface area (Å²) in [7, 11) is 0. The van der Waals surface area contributed by atoms with Crippen LogP contribution in [0.5, 0.6) is 0 Å². The first-order valence-electron chi connectivity index (χ1n) is 8.17. The van der Waals surface area contributed by atoms with Gasteiger partial charge in [0.25, 0.3) is 5.69 Å². The van der Waals surface area contributed by atoms with E-state index in [0.717, 1.165) is 10.0 Å². The summed E-state index contributed by atoms with van der Waals surface area (Å²) >= 11 is 3.40. The van der Waals surface area contributed by atoms with Crippen molar-refractivity contribution >= 4 is 49.9 Å². The van der Waals surface area contributed by atoms with Crippen LogP contribution in [0.15, 0.2) is 47.1 Å². The maximum Gasteiger partial charge on any atom is 0.341 e. The number of ether oxygens (including phenoxy) is 1. The van der Waals surface area contributed by atoms with Crippen molar-refractivity contribution in [1.29, 1.82) is 0 Å². The molecule has 1 N–H and O–H groups in total. The number of non-ortho nitro benzene ring substituents is 1. The molecule has 0 aliphatic carbocycles. The summed E-state index contributed by atoms with van der Waals surface area (Å²) in [6.07, 6.45) is 1.44. The standard InChI is InChI=1S/C19H16BrN3O4/c1-3-27-19(24)16-10-21-17-8-12(20)4-5-15(17)18(16)22-13-6-11(2)7-14(9-13)23(25)26/h4-10H,3H2,1-2H3,(H,21,22). The summed E-state index contributed by atoms with van der Waals surface area (Å²) in [6.45, 7) is 3.72. The SMILES string of the molecule is CCOC(=O)c1cnc2cc(Br)ccc2c1Nc1cc(C)cc([N+](=O)[O-])c1. The summed E-state index contributed by atoms with van der Waals surface area (Å²) in [5, 5.41) is 15.0. The highest BCUT2D eigenvalue weighted by Crippen LogP contribution is 2.32. The molecule has 0 atom stereocenters. The molecule has 0 amide bonds. The molecule has 0 radical (unpaired) electrons. The highest BCUT2D eigenvalue weighted by molar-refractivity contribution is 9.10. The molecule has 3 aromatic rings. The number of halogens is 1. The van der Waals surface area contributed by atoms with Gasteiger partial charge in [-0.05, 0) is 43.7 Å². The lowest BCUT2D eigenvalue weighted by atomic mass is 10.1. The number of nitrogens with zero attached hydrogens (tertiary/aromatic N) is 2. The monoisotopic (exact) mass is 429 g/mol. The Balaban J connectivity index is 2.17. The number of rotatable bonds is 5. The fourth-order valence-corrected chi connectivity index (χ4v) is 3.10. The van der Waals surface area contributed by atoms with E-state index in [1.165, 1.54) is 18.3 Å². The van der Waals surface area contributed by atoms with E-state index < -0.39 is 10.9 Å². The lowest BCUT2D eigenvalue weighted by Gasteiger charge is -2.14. The first-order valence-corrected chi connectivity index (χ1v) is 8.97. The van der Waals surface area contributed by atoms with Crippen LogP contribution in [0.4, 0.5) is 17.1 Å². The fourth-order valence-electron chi connectivity index (χ4n) is 2.75. The number of nitro groups is 1. The quantitative estimate of drug-likeness (QED) is 0.343. The Morgan fingerprint density at radius 2 is 2.07 bits per heavy atom. The summed E-state index contributed by atoms with van der Waals surface area (Å²) in [5.74, 6) is -0.514. The van der Waals surface area contributed by atoms with Gasteiger partial charge in [-0.3, -0.25) is 15.1 Å². The van der Waals surface area contributed by atoms with Crippen LogP contribution in [0.25, 0.3) is 10.9 Å². The predicted molar refractivity (Wildman–Crippen MR) is 107 cm³/mol. The number of esters is 1. The van der Waals surface area contributed by atoms with Crippen LogP contribution in [-0.2, 0) is 4.74 Å². The molecule has 3 rings (SSSR count). The Morgan fingerprint density at radius 3 is 2.78 bits per heavy atom. The van der Waals surface area contributed by atoms with Gasteiger partial charge in [0, 0.05) is 33.9 Å². The fraction of sp³-hybridized carbons (Fsp3) is 0.158. The van der Waals surface area contributed by atoms with Crippen LogP contribution in [-0.4, -0.2) is 22.5 Å². The van der Waals surface area contributed by atoms with Gasteiger partial charge < -0.3 is 10.1 Å². The molecule has 0 saturated heterocycles. The lowest BCUT2D eigenvalue weighted by molar-refractivity contribution is -0.384. The maximum absolute atomic E-state index is 12.4. The van der Waals surface area contributed by atoms with Crippen LogP contribution in [0.3, 0.4) is 0 Å². The number of pyridine rings is 1. The van der Waals surface area contributed by atoms with Crippen LogP contribution in [0.1, 0.15) is 22.8 Å². The molecule has 138 valence electrons. The van der Waals surface area contributed by atoms with Crippen LogP contribution >= 0.6 is 15.9 Å². The van der Waals surface area contributed by atoms with Gasteiger partial charge in [-0.25, -0.2) is 4.79 Å². The van der Waals surface area contributed by atoms with E-state index in [9.17, 15) is 14.9 Å². The van der Waals surface area contributed by atoms with Crippen molar-refractivity contribution in [2.75, 3.05) is 11.9 Å². The van der Waals surface area contributed by atoms with Crippen LogP contribution in [0.2, 0.25) is 0 Å². The summed E-state index contributed by atoms with van der Waals surface area (Å²) in [6, 6.07) is 10.2. The Bertz CT molecular complexity index is 1050. The summed E-state index contributed by atoms with van der Waals surface area (Å²) in [4.78, 5) is 27.4. The number of anilines is 2. The summed E-state index contributed by atoms with van der Waals surface area (Å²) in [5.41, 5.74) is 2.62. The molecule has 0 fully saturated rings. The van der Waals surface area contributed by atoms with E-state index in [4.69, 9.17) is 4.74 Å². The first kappa shape index (κ1) is 18.8. The molecule has 1 aromatic heterocycles. The number of benzene rings is 2. The molecule has 0 aliphatic heterocycles. The molecule has 8 heteroatoms. The average Bonchev–Trinajstić information content (AvgIpc) is 2.61. The number of nitro benzene ring substituents is 1. The van der Waals surface area contributed by atoms with Gasteiger partial charge in [0.05, 0.1) is 22.7 Å². The minimum atomic E-state index is -0.514. The van der Waals surface area contributed by atoms with E-state index in [1.54, 1.807) is 19.9 Å². The average molecular weight is 430 g/mol. The van der Waals surface area contributed by atoms with Gasteiger partial charge in [-0.2, -0.15) is 0 Å². The number of hydrogen-bond acceptors (Lipinski definition) is 6. The van der Waals surface area contributed by atoms with Crippen molar-refractivity contribution in [3.05, 3.63) is 68.3 Å². The second-order valence-electron chi connectivity index (χ2n) is 5.87.